The Bertz CT molecular complexity index is 510. The van der Waals surface area contributed by atoms with Crippen molar-refractivity contribution in [3.63, 3.8) is 0 Å². The number of anilines is 1. The van der Waals surface area contributed by atoms with Gasteiger partial charge in [0, 0.05) is 19.8 Å². The summed E-state index contributed by atoms with van der Waals surface area (Å²) in [5, 5.41) is 2.92. The molecular weight excluding hydrogens is 262 g/mol. The standard InChI is InChI=1S/C13H21N3O2S/c1-14-12-7-4-9-15-13(12)19(17,18)16-10-8-11-5-2-3-6-11/h4,7,9,11,14,16H,2-3,5-6,8,10H2,1H3. The van der Waals surface area contributed by atoms with Gasteiger partial charge in [-0.25, -0.2) is 18.1 Å². The third-order valence-corrected chi connectivity index (χ3v) is 5.03. The second-order valence-electron chi connectivity index (χ2n) is 4.94. The number of rotatable bonds is 6. The van der Waals surface area contributed by atoms with Crippen LogP contribution < -0.4 is 10.0 Å². The molecule has 2 N–H and O–H groups in total. The Kier molecular flexibility index (Phi) is 4.76. The van der Waals surface area contributed by atoms with Crippen LogP contribution in [-0.4, -0.2) is 27.0 Å². The molecule has 6 heteroatoms. The molecule has 0 unspecified atom stereocenters. The zero-order valence-corrected chi connectivity index (χ0v) is 12.0. The summed E-state index contributed by atoms with van der Waals surface area (Å²) >= 11 is 0. The Morgan fingerprint density at radius 1 is 1.37 bits per heavy atom. The first kappa shape index (κ1) is 14.3. The molecule has 0 saturated heterocycles. The maximum atomic E-state index is 12.2. The second-order valence-corrected chi connectivity index (χ2v) is 6.63. The quantitative estimate of drug-likeness (QED) is 0.837. The first-order valence-electron chi connectivity index (χ1n) is 6.76. The summed E-state index contributed by atoms with van der Waals surface area (Å²) < 4.78 is 27.0. The summed E-state index contributed by atoms with van der Waals surface area (Å²) in [4.78, 5) is 3.96. The first-order valence-corrected chi connectivity index (χ1v) is 8.24. The van der Waals surface area contributed by atoms with Crippen LogP contribution in [0.25, 0.3) is 0 Å². The number of nitrogens with zero attached hydrogens (tertiary/aromatic N) is 1. The molecule has 1 aliphatic carbocycles. The second kappa shape index (κ2) is 6.34. The van der Waals surface area contributed by atoms with Gasteiger partial charge in [0.05, 0.1) is 5.69 Å². The van der Waals surface area contributed by atoms with Crippen molar-refractivity contribution < 1.29 is 8.42 Å². The van der Waals surface area contributed by atoms with Gasteiger partial charge in [-0.2, -0.15) is 0 Å². The topological polar surface area (TPSA) is 71.1 Å². The van der Waals surface area contributed by atoms with Crippen LogP contribution in [0.3, 0.4) is 0 Å². The van der Waals surface area contributed by atoms with Crippen LogP contribution in [0.4, 0.5) is 5.69 Å². The van der Waals surface area contributed by atoms with Crippen molar-refractivity contribution in [2.24, 2.45) is 5.92 Å². The number of nitrogens with one attached hydrogen (secondary N) is 2. The van der Waals surface area contributed by atoms with Gasteiger partial charge in [0.15, 0.2) is 5.03 Å². The highest BCUT2D eigenvalue weighted by Crippen LogP contribution is 2.27. The van der Waals surface area contributed by atoms with E-state index in [2.05, 4.69) is 15.0 Å². The first-order chi connectivity index (χ1) is 9.13. The van der Waals surface area contributed by atoms with E-state index in [9.17, 15) is 8.42 Å². The Balaban J connectivity index is 1.97. The number of hydrogen-bond acceptors (Lipinski definition) is 4. The summed E-state index contributed by atoms with van der Waals surface area (Å²) in [6, 6.07) is 3.42. The van der Waals surface area contributed by atoms with E-state index < -0.39 is 10.0 Å². The van der Waals surface area contributed by atoms with E-state index in [0.717, 1.165) is 6.42 Å². The number of hydrogen-bond donors (Lipinski definition) is 2. The summed E-state index contributed by atoms with van der Waals surface area (Å²) in [6.45, 7) is 0.493. The molecule has 1 aromatic rings. The molecule has 1 fully saturated rings. The van der Waals surface area contributed by atoms with Crippen LogP contribution in [0.5, 0.6) is 0 Å². The van der Waals surface area contributed by atoms with Crippen molar-refractivity contribution in [3.05, 3.63) is 18.3 Å². The van der Waals surface area contributed by atoms with Gasteiger partial charge < -0.3 is 5.32 Å². The van der Waals surface area contributed by atoms with Gasteiger partial charge in [0.1, 0.15) is 0 Å². The van der Waals surface area contributed by atoms with E-state index >= 15 is 0 Å². The molecule has 1 saturated carbocycles. The molecule has 5 nitrogen and oxygen atoms in total. The van der Waals surface area contributed by atoms with E-state index in [-0.39, 0.29) is 5.03 Å². The van der Waals surface area contributed by atoms with Crippen LogP contribution in [0, 0.1) is 5.92 Å². The van der Waals surface area contributed by atoms with Crippen LogP contribution in [-0.2, 0) is 10.0 Å². The SMILES string of the molecule is CNc1cccnc1S(=O)(=O)NCCC1CCCC1. The zero-order valence-electron chi connectivity index (χ0n) is 11.2. The fourth-order valence-electron chi connectivity index (χ4n) is 2.56. The lowest BCUT2D eigenvalue weighted by molar-refractivity contribution is 0.495. The molecule has 1 aliphatic rings. The van der Waals surface area contributed by atoms with Crippen LogP contribution >= 0.6 is 0 Å². The average Bonchev–Trinajstić information content (AvgIpc) is 2.91. The molecule has 0 amide bonds. The van der Waals surface area contributed by atoms with Crippen LogP contribution in [0.1, 0.15) is 32.1 Å². The normalized spacial score (nSPS) is 16.7. The van der Waals surface area contributed by atoms with E-state index in [1.54, 1.807) is 19.2 Å². The van der Waals surface area contributed by atoms with Crippen molar-refractivity contribution in [2.45, 2.75) is 37.1 Å². The van der Waals surface area contributed by atoms with E-state index in [1.807, 2.05) is 0 Å². The van der Waals surface area contributed by atoms with Gasteiger partial charge in [-0.15, -0.1) is 0 Å². The van der Waals surface area contributed by atoms with Gasteiger partial charge in [-0.1, -0.05) is 25.7 Å². The smallest absolute Gasteiger partial charge is 0.260 e. The molecule has 1 aromatic heterocycles. The third-order valence-electron chi connectivity index (χ3n) is 3.61. The van der Waals surface area contributed by atoms with Gasteiger partial charge in [0.2, 0.25) is 0 Å². The van der Waals surface area contributed by atoms with Crippen LogP contribution in [0.2, 0.25) is 0 Å². The van der Waals surface area contributed by atoms with Gasteiger partial charge in [-0.05, 0) is 24.5 Å². The minimum Gasteiger partial charge on any atom is -0.386 e. The third kappa shape index (κ3) is 3.67. The van der Waals surface area contributed by atoms with E-state index in [1.165, 1.54) is 31.9 Å². The Labute approximate surface area is 114 Å². The molecule has 0 bridgehead atoms. The molecule has 0 spiro atoms. The molecule has 1 heterocycles. The minimum absolute atomic E-state index is 0.0731. The predicted octanol–water partition coefficient (Wildman–Crippen LogP) is 1.98. The highest BCUT2D eigenvalue weighted by molar-refractivity contribution is 7.89. The maximum absolute atomic E-state index is 12.2. The van der Waals surface area contributed by atoms with Crippen LogP contribution in [0.15, 0.2) is 23.4 Å². The summed E-state index contributed by atoms with van der Waals surface area (Å²) in [7, 11) is -1.83. The number of sulfonamides is 1. The highest BCUT2D eigenvalue weighted by atomic mass is 32.2. The van der Waals surface area contributed by atoms with Crippen molar-refractivity contribution in [3.8, 4) is 0 Å². The summed E-state index contributed by atoms with van der Waals surface area (Å²) in [5.74, 6) is 0.676. The van der Waals surface area contributed by atoms with Crippen molar-refractivity contribution >= 4 is 15.7 Å². The maximum Gasteiger partial charge on any atom is 0.260 e. The molecule has 0 aliphatic heterocycles. The molecule has 0 radical (unpaired) electrons. The Morgan fingerprint density at radius 2 is 2.11 bits per heavy atom. The predicted molar refractivity (Wildman–Crippen MR) is 75.5 cm³/mol. The molecule has 0 atom stereocenters. The fourth-order valence-corrected chi connectivity index (χ4v) is 3.74. The molecular formula is C13H21N3O2S. The highest BCUT2D eigenvalue weighted by Gasteiger charge is 2.20. The monoisotopic (exact) mass is 283 g/mol. The molecule has 2 rings (SSSR count). The van der Waals surface area contributed by atoms with Gasteiger partial charge in [-0.3, -0.25) is 0 Å². The van der Waals surface area contributed by atoms with E-state index in [0.29, 0.717) is 18.2 Å². The Hall–Kier alpha value is -1.14. The van der Waals surface area contributed by atoms with Crippen molar-refractivity contribution in [1.82, 2.24) is 9.71 Å². The Morgan fingerprint density at radius 3 is 2.79 bits per heavy atom. The largest absolute Gasteiger partial charge is 0.386 e. The lowest BCUT2D eigenvalue weighted by Crippen LogP contribution is -2.27. The summed E-state index contributed by atoms with van der Waals surface area (Å²) in [5.41, 5.74) is 0.524. The number of aromatic nitrogens is 1. The minimum atomic E-state index is -3.52. The molecule has 0 aromatic carbocycles. The van der Waals surface area contributed by atoms with Crippen molar-refractivity contribution in [1.29, 1.82) is 0 Å². The average molecular weight is 283 g/mol. The lowest BCUT2D eigenvalue weighted by atomic mass is 10.1. The molecule has 19 heavy (non-hydrogen) atoms. The van der Waals surface area contributed by atoms with Gasteiger partial charge in [0.25, 0.3) is 10.0 Å². The van der Waals surface area contributed by atoms with E-state index in [4.69, 9.17) is 0 Å². The van der Waals surface area contributed by atoms with Crippen molar-refractivity contribution in [2.75, 3.05) is 18.9 Å². The number of pyridine rings is 1. The van der Waals surface area contributed by atoms with Gasteiger partial charge >= 0.3 is 0 Å². The molecule has 106 valence electrons. The fraction of sp³-hybridized carbons (Fsp3) is 0.615. The summed E-state index contributed by atoms with van der Waals surface area (Å²) in [6.07, 6.45) is 7.43. The lowest BCUT2D eigenvalue weighted by Gasteiger charge is -2.12. The zero-order chi connectivity index (χ0) is 13.7.